The minimum Gasteiger partial charge on any atom is -0.316 e. The van der Waals surface area contributed by atoms with Crippen molar-refractivity contribution in [2.75, 3.05) is 26.2 Å². The van der Waals surface area contributed by atoms with Crippen LogP contribution in [0.4, 0.5) is 0 Å². The van der Waals surface area contributed by atoms with E-state index in [2.05, 4.69) is 34.5 Å². The molecule has 22 heavy (non-hydrogen) atoms. The fourth-order valence-corrected chi connectivity index (χ4v) is 3.94. The Kier molecular flexibility index (Phi) is 6.32. The molecule has 3 rings (SSSR count). The maximum atomic E-state index is 3.67. The van der Waals surface area contributed by atoms with E-state index in [-0.39, 0.29) is 0 Å². The average Bonchev–Trinajstić information content (AvgIpc) is 3.07. The Labute approximate surface area is 136 Å². The fraction of sp³-hybridized carbons (Fsp3) is 0.700. The highest BCUT2D eigenvalue weighted by atomic mass is 15.1. The van der Waals surface area contributed by atoms with Crippen molar-refractivity contribution in [1.82, 2.24) is 10.2 Å². The summed E-state index contributed by atoms with van der Waals surface area (Å²) in [5.74, 6) is 0.941. The predicted octanol–water partition coefficient (Wildman–Crippen LogP) is 3.99. The predicted molar refractivity (Wildman–Crippen MR) is 94.1 cm³/mol. The molecule has 0 spiro atoms. The van der Waals surface area contributed by atoms with Gasteiger partial charge in [0.05, 0.1) is 0 Å². The molecule has 0 bridgehead atoms. The van der Waals surface area contributed by atoms with Crippen LogP contribution in [0.15, 0.2) is 24.3 Å². The highest BCUT2D eigenvalue weighted by Gasteiger charge is 2.13. The maximum absolute atomic E-state index is 3.67. The second-order valence-electron chi connectivity index (χ2n) is 7.26. The van der Waals surface area contributed by atoms with Gasteiger partial charge in [0.25, 0.3) is 0 Å². The van der Waals surface area contributed by atoms with Gasteiger partial charge in [-0.05, 0) is 75.3 Å². The van der Waals surface area contributed by atoms with Gasteiger partial charge in [0.1, 0.15) is 0 Å². The molecule has 0 radical (unpaired) electrons. The number of nitrogens with one attached hydrogen (secondary N) is 1. The van der Waals surface area contributed by atoms with E-state index >= 15 is 0 Å². The van der Waals surface area contributed by atoms with E-state index in [1.165, 1.54) is 75.7 Å². The minimum absolute atomic E-state index is 0.941. The van der Waals surface area contributed by atoms with Crippen molar-refractivity contribution in [1.29, 1.82) is 0 Å². The summed E-state index contributed by atoms with van der Waals surface area (Å²) in [5.41, 5.74) is 2.95. The Balaban J connectivity index is 1.33. The van der Waals surface area contributed by atoms with Gasteiger partial charge in [-0.2, -0.15) is 0 Å². The van der Waals surface area contributed by atoms with Crippen molar-refractivity contribution < 1.29 is 0 Å². The van der Waals surface area contributed by atoms with Crippen molar-refractivity contribution in [2.45, 2.75) is 57.9 Å². The zero-order valence-corrected chi connectivity index (χ0v) is 14.0. The van der Waals surface area contributed by atoms with Crippen molar-refractivity contribution >= 4 is 0 Å². The Morgan fingerprint density at radius 1 is 0.864 bits per heavy atom. The lowest BCUT2D eigenvalue weighted by molar-refractivity contribution is 0.331. The van der Waals surface area contributed by atoms with Crippen LogP contribution >= 0.6 is 0 Å². The van der Waals surface area contributed by atoms with Crippen LogP contribution < -0.4 is 5.32 Å². The SMILES string of the molecule is c1cc(CN2CCCC2)ccc1CCNCC1CCCCC1. The quantitative estimate of drug-likeness (QED) is 0.766. The van der Waals surface area contributed by atoms with Crippen LogP contribution in [-0.2, 0) is 13.0 Å². The maximum Gasteiger partial charge on any atom is 0.0233 e. The van der Waals surface area contributed by atoms with Crippen LogP contribution in [0.5, 0.6) is 0 Å². The molecule has 1 N–H and O–H groups in total. The molecule has 2 nitrogen and oxygen atoms in total. The summed E-state index contributed by atoms with van der Waals surface area (Å²) in [4.78, 5) is 2.57. The summed E-state index contributed by atoms with van der Waals surface area (Å²) in [6.07, 6.45) is 11.2. The third kappa shape index (κ3) is 5.10. The highest BCUT2D eigenvalue weighted by Crippen LogP contribution is 2.22. The first-order valence-corrected chi connectivity index (χ1v) is 9.41. The van der Waals surface area contributed by atoms with Gasteiger partial charge < -0.3 is 5.32 Å². The van der Waals surface area contributed by atoms with Gasteiger partial charge in [-0.3, -0.25) is 4.90 Å². The topological polar surface area (TPSA) is 15.3 Å². The molecule has 1 aromatic rings. The van der Waals surface area contributed by atoms with Crippen molar-refractivity contribution in [3.05, 3.63) is 35.4 Å². The van der Waals surface area contributed by atoms with E-state index in [1.807, 2.05) is 0 Å². The standard InChI is InChI=1S/C20H32N2/c1-2-6-19(7-3-1)16-21-13-12-18-8-10-20(11-9-18)17-22-14-4-5-15-22/h8-11,19,21H,1-7,12-17H2. The normalized spacial score (nSPS) is 20.5. The van der Waals surface area contributed by atoms with Gasteiger partial charge in [0, 0.05) is 6.54 Å². The smallest absolute Gasteiger partial charge is 0.0233 e. The minimum atomic E-state index is 0.941. The summed E-state index contributed by atoms with van der Waals surface area (Å²) in [6.45, 7) is 6.06. The largest absolute Gasteiger partial charge is 0.316 e. The third-order valence-corrected chi connectivity index (χ3v) is 5.38. The first kappa shape index (κ1) is 16.0. The molecule has 1 aliphatic heterocycles. The number of nitrogens with zero attached hydrogens (tertiary/aromatic N) is 1. The number of hydrogen-bond acceptors (Lipinski definition) is 2. The summed E-state index contributed by atoms with van der Waals surface area (Å²) < 4.78 is 0. The summed E-state index contributed by atoms with van der Waals surface area (Å²) in [7, 11) is 0. The lowest BCUT2D eigenvalue weighted by atomic mass is 9.89. The molecule has 1 heterocycles. The number of likely N-dealkylation sites (tertiary alicyclic amines) is 1. The molecular formula is C20H32N2. The van der Waals surface area contributed by atoms with Crippen molar-refractivity contribution in [3.63, 3.8) is 0 Å². The van der Waals surface area contributed by atoms with E-state index in [0.717, 1.165) is 25.4 Å². The average molecular weight is 300 g/mol. The third-order valence-electron chi connectivity index (χ3n) is 5.38. The van der Waals surface area contributed by atoms with Gasteiger partial charge in [0.15, 0.2) is 0 Å². The number of hydrogen-bond donors (Lipinski definition) is 1. The number of rotatable bonds is 7. The molecule has 2 fully saturated rings. The van der Waals surface area contributed by atoms with Crippen LogP contribution in [0.25, 0.3) is 0 Å². The molecule has 122 valence electrons. The Morgan fingerprint density at radius 3 is 2.27 bits per heavy atom. The monoisotopic (exact) mass is 300 g/mol. The van der Waals surface area contributed by atoms with Gasteiger partial charge >= 0.3 is 0 Å². The molecule has 1 aromatic carbocycles. The van der Waals surface area contributed by atoms with Crippen LogP contribution in [0.2, 0.25) is 0 Å². The molecule has 1 saturated carbocycles. The molecular weight excluding hydrogens is 268 g/mol. The first-order chi connectivity index (χ1) is 10.9. The molecule has 2 aliphatic rings. The van der Waals surface area contributed by atoms with Crippen LogP contribution in [0, 0.1) is 5.92 Å². The molecule has 1 aliphatic carbocycles. The van der Waals surface area contributed by atoms with Gasteiger partial charge in [-0.15, -0.1) is 0 Å². The Hall–Kier alpha value is -0.860. The lowest BCUT2D eigenvalue weighted by Gasteiger charge is -2.21. The molecule has 0 unspecified atom stereocenters. The summed E-state index contributed by atoms with van der Waals surface area (Å²) >= 11 is 0. The van der Waals surface area contributed by atoms with E-state index in [1.54, 1.807) is 0 Å². The van der Waals surface area contributed by atoms with Crippen molar-refractivity contribution in [3.8, 4) is 0 Å². The lowest BCUT2D eigenvalue weighted by Crippen LogP contribution is -2.26. The van der Waals surface area contributed by atoms with Gasteiger partial charge in [-0.25, -0.2) is 0 Å². The fourth-order valence-electron chi connectivity index (χ4n) is 3.94. The van der Waals surface area contributed by atoms with Crippen LogP contribution in [0.3, 0.4) is 0 Å². The summed E-state index contributed by atoms with van der Waals surface area (Å²) in [6, 6.07) is 9.31. The van der Waals surface area contributed by atoms with E-state index in [9.17, 15) is 0 Å². The van der Waals surface area contributed by atoms with Gasteiger partial charge in [-0.1, -0.05) is 43.5 Å². The van der Waals surface area contributed by atoms with Crippen LogP contribution in [0.1, 0.15) is 56.1 Å². The van der Waals surface area contributed by atoms with E-state index in [4.69, 9.17) is 0 Å². The molecule has 0 atom stereocenters. The molecule has 0 aromatic heterocycles. The van der Waals surface area contributed by atoms with Crippen LogP contribution in [-0.4, -0.2) is 31.1 Å². The molecule has 0 amide bonds. The molecule has 2 heteroatoms. The van der Waals surface area contributed by atoms with E-state index < -0.39 is 0 Å². The Bertz CT molecular complexity index is 414. The highest BCUT2D eigenvalue weighted by molar-refractivity contribution is 5.22. The Morgan fingerprint density at radius 2 is 1.55 bits per heavy atom. The number of benzene rings is 1. The zero-order valence-electron chi connectivity index (χ0n) is 14.0. The summed E-state index contributed by atoms with van der Waals surface area (Å²) in [5, 5.41) is 3.67. The van der Waals surface area contributed by atoms with E-state index in [0.29, 0.717) is 0 Å². The first-order valence-electron chi connectivity index (χ1n) is 9.41. The molecule has 1 saturated heterocycles. The zero-order chi connectivity index (χ0) is 15.0. The second kappa shape index (κ2) is 8.69. The van der Waals surface area contributed by atoms with Gasteiger partial charge in [0.2, 0.25) is 0 Å². The second-order valence-corrected chi connectivity index (χ2v) is 7.26. The van der Waals surface area contributed by atoms with Crippen molar-refractivity contribution in [2.24, 2.45) is 5.92 Å².